The van der Waals surface area contributed by atoms with Gasteiger partial charge in [0, 0.05) is 18.3 Å². The Balaban J connectivity index is 1.89. The van der Waals surface area contributed by atoms with Gasteiger partial charge in [0.25, 0.3) is 5.91 Å². The summed E-state index contributed by atoms with van der Waals surface area (Å²) in [5.74, 6) is -0.986. The standard InChI is InChI=1S/C13H17FN2O2/c1-2-18-10-6-9(7-10)16-13(17)11-4-3-8(15)5-12(11)14/h3-5,9-10H,2,6-7,15H2,1H3,(H,16,17). The van der Waals surface area contributed by atoms with E-state index in [1.165, 1.54) is 12.1 Å². The molecule has 4 nitrogen and oxygen atoms in total. The Labute approximate surface area is 105 Å². The molecule has 0 atom stereocenters. The van der Waals surface area contributed by atoms with Gasteiger partial charge >= 0.3 is 0 Å². The summed E-state index contributed by atoms with van der Waals surface area (Å²) in [5.41, 5.74) is 5.77. The molecule has 1 saturated carbocycles. The molecule has 1 amide bonds. The van der Waals surface area contributed by atoms with E-state index in [1.807, 2.05) is 6.92 Å². The average molecular weight is 252 g/mol. The Morgan fingerprint density at radius 1 is 1.56 bits per heavy atom. The highest BCUT2D eigenvalue weighted by molar-refractivity contribution is 5.95. The van der Waals surface area contributed by atoms with E-state index >= 15 is 0 Å². The Bertz CT molecular complexity index is 445. The third-order valence-electron chi connectivity index (χ3n) is 3.07. The van der Waals surface area contributed by atoms with Crippen LogP contribution in [0, 0.1) is 5.82 Å². The molecule has 0 heterocycles. The van der Waals surface area contributed by atoms with E-state index < -0.39 is 11.7 Å². The molecule has 1 fully saturated rings. The number of carbonyl (C=O) groups is 1. The first-order chi connectivity index (χ1) is 8.60. The molecular formula is C13H17FN2O2. The van der Waals surface area contributed by atoms with Crippen molar-refractivity contribution in [2.45, 2.75) is 31.9 Å². The van der Waals surface area contributed by atoms with Crippen molar-refractivity contribution in [3.63, 3.8) is 0 Å². The van der Waals surface area contributed by atoms with Gasteiger partial charge in [-0.2, -0.15) is 0 Å². The van der Waals surface area contributed by atoms with Gasteiger partial charge in [-0.25, -0.2) is 4.39 Å². The molecule has 0 unspecified atom stereocenters. The third-order valence-corrected chi connectivity index (χ3v) is 3.07. The fraction of sp³-hybridized carbons (Fsp3) is 0.462. The summed E-state index contributed by atoms with van der Waals surface area (Å²) in [6.45, 7) is 2.62. The van der Waals surface area contributed by atoms with Crippen LogP contribution in [0.15, 0.2) is 18.2 Å². The van der Waals surface area contributed by atoms with Crippen LogP contribution in [0.5, 0.6) is 0 Å². The van der Waals surface area contributed by atoms with Crippen molar-refractivity contribution in [1.82, 2.24) is 5.32 Å². The van der Waals surface area contributed by atoms with Crippen molar-refractivity contribution >= 4 is 11.6 Å². The monoisotopic (exact) mass is 252 g/mol. The summed E-state index contributed by atoms with van der Waals surface area (Å²) in [6.07, 6.45) is 1.79. The largest absolute Gasteiger partial charge is 0.399 e. The van der Waals surface area contributed by atoms with Gasteiger partial charge in [-0.3, -0.25) is 4.79 Å². The van der Waals surface area contributed by atoms with Gasteiger partial charge in [0.1, 0.15) is 5.82 Å². The molecule has 0 bridgehead atoms. The maximum atomic E-state index is 13.5. The summed E-state index contributed by atoms with van der Waals surface area (Å²) in [4.78, 5) is 11.8. The van der Waals surface area contributed by atoms with Crippen LogP contribution >= 0.6 is 0 Å². The van der Waals surface area contributed by atoms with E-state index in [0.717, 1.165) is 18.9 Å². The van der Waals surface area contributed by atoms with E-state index in [1.54, 1.807) is 0 Å². The zero-order chi connectivity index (χ0) is 13.1. The maximum Gasteiger partial charge on any atom is 0.254 e. The first kappa shape index (κ1) is 12.8. The van der Waals surface area contributed by atoms with E-state index in [2.05, 4.69) is 5.32 Å². The summed E-state index contributed by atoms with van der Waals surface area (Å²) < 4.78 is 18.9. The van der Waals surface area contributed by atoms with Crippen molar-refractivity contribution in [3.8, 4) is 0 Å². The highest BCUT2D eigenvalue weighted by Crippen LogP contribution is 2.23. The number of ether oxygens (including phenoxy) is 1. The lowest BCUT2D eigenvalue weighted by Gasteiger charge is -2.35. The quantitative estimate of drug-likeness (QED) is 0.802. The van der Waals surface area contributed by atoms with Crippen molar-refractivity contribution < 1.29 is 13.9 Å². The zero-order valence-electron chi connectivity index (χ0n) is 10.3. The number of anilines is 1. The summed E-state index contributed by atoms with van der Waals surface area (Å²) in [5, 5.41) is 2.78. The predicted octanol–water partition coefficient (Wildman–Crippen LogP) is 1.71. The highest BCUT2D eigenvalue weighted by atomic mass is 19.1. The van der Waals surface area contributed by atoms with Crippen LogP contribution in [-0.4, -0.2) is 24.7 Å². The van der Waals surface area contributed by atoms with Crippen LogP contribution in [0.4, 0.5) is 10.1 Å². The van der Waals surface area contributed by atoms with Gasteiger partial charge in [-0.15, -0.1) is 0 Å². The number of carbonyl (C=O) groups excluding carboxylic acids is 1. The third kappa shape index (κ3) is 2.79. The smallest absolute Gasteiger partial charge is 0.254 e. The number of benzene rings is 1. The number of nitrogens with two attached hydrogens (primary N) is 1. The topological polar surface area (TPSA) is 64.3 Å². The molecule has 18 heavy (non-hydrogen) atoms. The van der Waals surface area contributed by atoms with Gasteiger partial charge in [0.05, 0.1) is 11.7 Å². The Morgan fingerprint density at radius 2 is 2.28 bits per heavy atom. The Morgan fingerprint density at radius 3 is 2.89 bits per heavy atom. The molecule has 1 aromatic rings. The van der Waals surface area contributed by atoms with Gasteiger partial charge < -0.3 is 15.8 Å². The van der Waals surface area contributed by atoms with E-state index in [0.29, 0.717) is 12.3 Å². The number of nitrogens with one attached hydrogen (secondary N) is 1. The van der Waals surface area contributed by atoms with Gasteiger partial charge in [0.15, 0.2) is 0 Å². The summed E-state index contributed by atoms with van der Waals surface area (Å²) in [6, 6.07) is 4.14. The van der Waals surface area contributed by atoms with Crippen LogP contribution in [0.3, 0.4) is 0 Å². The fourth-order valence-electron chi connectivity index (χ4n) is 2.03. The molecule has 1 aromatic carbocycles. The molecule has 0 aromatic heterocycles. The van der Waals surface area contributed by atoms with Crippen LogP contribution < -0.4 is 11.1 Å². The molecule has 98 valence electrons. The summed E-state index contributed by atoms with van der Waals surface area (Å²) >= 11 is 0. The molecule has 5 heteroatoms. The normalized spacial score (nSPS) is 22.3. The van der Waals surface area contributed by atoms with Crippen molar-refractivity contribution in [1.29, 1.82) is 0 Å². The van der Waals surface area contributed by atoms with Crippen LogP contribution in [0.25, 0.3) is 0 Å². The number of hydrogen-bond donors (Lipinski definition) is 2. The summed E-state index contributed by atoms with van der Waals surface area (Å²) in [7, 11) is 0. The second-order valence-electron chi connectivity index (χ2n) is 4.46. The number of amides is 1. The van der Waals surface area contributed by atoms with Crippen molar-refractivity contribution in [3.05, 3.63) is 29.6 Å². The second-order valence-corrected chi connectivity index (χ2v) is 4.46. The molecule has 1 aliphatic carbocycles. The average Bonchev–Trinajstić information content (AvgIpc) is 2.26. The molecular weight excluding hydrogens is 235 g/mol. The minimum absolute atomic E-state index is 0.0315. The second kappa shape index (κ2) is 5.35. The Hall–Kier alpha value is -1.62. The number of nitrogen functional groups attached to an aromatic ring is 1. The minimum atomic E-state index is -0.590. The van der Waals surface area contributed by atoms with Gasteiger partial charge in [0.2, 0.25) is 0 Å². The molecule has 0 aliphatic heterocycles. The first-order valence-electron chi connectivity index (χ1n) is 6.07. The van der Waals surface area contributed by atoms with Crippen LogP contribution in [-0.2, 0) is 4.74 Å². The molecule has 3 N–H and O–H groups in total. The molecule has 0 spiro atoms. The molecule has 0 saturated heterocycles. The lowest BCUT2D eigenvalue weighted by atomic mass is 9.89. The maximum absolute atomic E-state index is 13.5. The molecule has 1 aliphatic rings. The van der Waals surface area contributed by atoms with Crippen molar-refractivity contribution in [2.24, 2.45) is 0 Å². The number of hydrogen-bond acceptors (Lipinski definition) is 3. The SMILES string of the molecule is CCOC1CC(NC(=O)c2ccc(N)cc2F)C1. The first-order valence-corrected chi connectivity index (χ1v) is 6.07. The van der Waals surface area contributed by atoms with Crippen LogP contribution in [0.1, 0.15) is 30.1 Å². The number of halogens is 1. The van der Waals surface area contributed by atoms with Gasteiger partial charge in [-0.05, 0) is 38.0 Å². The van der Waals surface area contributed by atoms with E-state index in [4.69, 9.17) is 10.5 Å². The Kier molecular flexibility index (Phi) is 3.81. The van der Waals surface area contributed by atoms with Crippen molar-refractivity contribution in [2.75, 3.05) is 12.3 Å². The van der Waals surface area contributed by atoms with E-state index in [-0.39, 0.29) is 17.7 Å². The van der Waals surface area contributed by atoms with Crippen LogP contribution in [0.2, 0.25) is 0 Å². The van der Waals surface area contributed by atoms with E-state index in [9.17, 15) is 9.18 Å². The lowest BCUT2D eigenvalue weighted by Crippen LogP contribution is -2.48. The zero-order valence-corrected chi connectivity index (χ0v) is 10.3. The molecule has 2 rings (SSSR count). The van der Waals surface area contributed by atoms with Gasteiger partial charge in [-0.1, -0.05) is 0 Å². The fourth-order valence-corrected chi connectivity index (χ4v) is 2.03. The molecule has 0 radical (unpaired) electrons. The minimum Gasteiger partial charge on any atom is -0.399 e. The predicted molar refractivity (Wildman–Crippen MR) is 66.7 cm³/mol. The lowest BCUT2D eigenvalue weighted by molar-refractivity contribution is -0.00865. The highest BCUT2D eigenvalue weighted by Gasteiger charge is 2.31. The number of rotatable bonds is 4.